The van der Waals surface area contributed by atoms with E-state index in [2.05, 4.69) is 16.0 Å². The monoisotopic (exact) mass is 456 g/mol. The summed E-state index contributed by atoms with van der Waals surface area (Å²) in [6.45, 7) is 6.31. The van der Waals surface area contributed by atoms with E-state index in [9.17, 15) is 14.4 Å². The molecule has 3 heterocycles. The van der Waals surface area contributed by atoms with Crippen LogP contribution in [0.25, 0.3) is 11.0 Å². The topological polar surface area (TPSA) is 113 Å². The Balaban J connectivity index is 1.44. The zero-order valence-corrected chi connectivity index (χ0v) is 19.2. The Morgan fingerprint density at radius 2 is 1.88 bits per heavy atom. The number of benzene rings is 1. The van der Waals surface area contributed by atoms with Gasteiger partial charge in [-0.25, -0.2) is 4.79 Å². The van der Waals surface area contributed by atoms with Gasteiger partial charge in [0.2, 0.25) is 5.91 Å². The van der Waals surface area contributed by atoms with Crippen molar-refractivity contribution in [2.75, 3.05) is 32.8 Å². The van der Waals surface area contributed by atoms with Crippen molar-refractivity contribution in [1.29, 1.82) is 0 Å². The molecule has 0 atom stereocenters. The number of ether oxygens (including phenoxy) is 1. The van der Waals surface area contributed by atoms with Crippen molar-refractivity contribution in [3.63, 3.8) is 0 Å². The number of hydrogen-bond donors (Lipinski definition) is 3. The van der Waals surface area contributed by atoms with Crippen LogP contribution in [0.1, 0.15) is 48.7 Å². The lowest BCUT2D eigenvalue weighted by Crippen LogP contribution is -2.64. The lowest BCUT2D eigenvalue weighted by Gasteiger charge is -2.39. The second kappa shape index (κ2) is 9.82. The predicted molar refractivity (Wildman–Crippen MR) is 123 cm³/mol. The summed E-state index contributed by atoms with van der Waals surface area (Å²) in [7, 11) is 0. The van der Waals surface area contributed by atoms with Gasteiger partial charge in [-0.15, -0.1) is 0 Å². The van der Waals surface area contributed by atoms with Crippen LogP contribution < -0.4 is 16.0 Å². The Bertz CT molecular complexity index is 1020. The molecule has 0 saturated carbocycles. The first kappa shape index (κ1) is 23.1. The van der Waals surface area contributed by atoms with Gasteiger partial charge in [-0.2, -0.15) is 0 Å². The van der Waals surface area contributed by atoms with E-state index in [1.807, 2.05) is 31.2 Å². The molecular formula is C24H32N4O5. The summed E-state index contributed by atoms with van der Waals surface area (Å²) in [4.78, 5) is 40.3. The van der Waals surface area contributed by atoms with Gasteiger partial charge in [0.05, 0.1) is 6.61 Å². The highest BCUT2D eigenvalue weighted by Crippen LogP contribution is 2.27. The van der Waals surface area contributed by atoms with Crippen molar-refractivity contribution in [2.45, 2.75) is 51.1 Å². The summed E-state index contributed by atoms with van der Waals surface area (Å²) in [5.41, 5.74) is 0.405. The van der Waals surface area contributed by atoms with Gasteiger partial charge in [-0.3, -0.25) is 9.59 Å². The maximum atomic E-state index is 13.4. The third-order valence-electron chi connectivity index (χ3n) is 6.65. The number of furan rings is 1. The summed E-state index contributed by atoms with van der Waals surface area (Å²) in [6, 6.07) is 7.46. The quantitative estimate of drug-likeness (QED) is 0.637. The largest absolute Gasteiger partial charge is 0.451 e. The molecule has 1 aromatic carbocycles. The number of carbonyl (C=O) groups is 3. The smallest absolute Gasteiger partial charge is 0.409 e. The van der Waals surface area contributed by atoms with Crippen molar-refractivity contribution >= 4 is 28.9 Å². The van der Waals surface area contributed by atoms with E-state index in [1.165, 1.54) is 0 Å². The van der Waals surface area contributed by atoms with Gasteiger partial charge >= 0.3 is 6.09 Å². The van der Waals surface area contributed by atoms with E-state index >= 15 is 0 Å². The van der Waals surface area contributed by atoms with E-state index in [1.54, 1.807) is 11.8 Å². The molecule has 0 aliphatic carbocycles. The number of fused-ring (bicyclic) bond motifs is 1. The highest BCUT2D eigenvalue weighted by molar-refractivity contribution is 6.02. The fourth-order valence-electron chi connectivity index (χ4n) is 4.67. The maximum Gasteiger partial charge on any atom is 0.409 e. The van der Waals surface area contributed by atoms with Crippen molar-refractivity contribution in [3.8, 4) is 0 Å². The second-order valence-electron chi connectivity index (χ2n) is 8.77. The van der Waals surface area contributed by atoms with Crippen LogP contribution >= 0.6 is 0 Å². The van der Waals surface area contributed by atoms with Gasteiger partial charge in [-0.05, 0) is 58.7 Å². The maximum absolute atomic E-state index is 13.4. The van der Waals surface area contributed by atoms with Crippen molar-refractivity contribution < 1.29 is 23.5 Å². The lowest BCUT2D eigenvalue weighted by atomic mass is 9.86. The number of piperidine rings is 2. The van der Waals surface area contributed by atoms with Gasteiger partial charge in [0, 0.05) is 30.1 Å². The number of nitrogens with one attached hydrogen (secondary N) is 3. The standard InChI is InChI=1S/C24H32N4O5/c1-3-32-23(31)28-14-8-17(9-15-28)26-22(30)24(10-12-25-13-11-24)27-21(29)20-16(2)18-6-4-5-7-19(18)33-20/h4-7,17,25H,3,8-15H2,1-2H3,(H,26,30)(H,27,29). The highest BCUT2D eigenvalue weighted by Gasteiger charge is 2.43. The van der Waals surface area contributed by atoms with Gasteiger partial charge in [0.1, 0.15) is 11.1 Å². The molecule has 0 radical (unpaired) electrons. The number of hydrogen-bond acceptors (Lipinski definition) is 6. The van der Waals surface area contributed by atoms with Crippen LogP contribution in [0.2, 0.25) is 0 Å². The summed E-state index contributed by atoms with van der Waals surface area (Å²) in [5, 5.41) is 10.3. The molecule has 178 valence electrons. The van der Waals surface area contributed by atoms with Crippen LogP contribution in [0.5, 0.6) is 0 Å². The predicted octanol–water partition coefficient (Wildman–Crippen LogP) is 2.33. The number of amides is 3. The second-order valence-corrected chi connectivity index (χ2v) is 8.77. The Kier molecular flexibility index (Phi) is 6.88. The molecule has 2 aliphatic rings. The summed E-state index contributed by atoms with van der Waals surface area (Å²) >= 11 is 0. The van der Waals surface area contributed by atoms with E-state index in [0.717, 1.165) is 10.9 Å². The summed E-state index contributed by atoms with van der Waals surface area (Å²) in [5.74, 6) is -0.316. The van der Waals surface area contributed by atoms with E-state index in [0.29, 0.717) is 64.1 Å². The van der Waals surface area contributed by atoms with Gasteiger partial charge in [0.25, 0.3) is 5.91 Å². The third kappa shape index (κ3) is 4.83. The molecule has 3 amide bonds. The van der Waals surface area contributed by atoms with E-state index in [-0.39, 0.29) is 29.7 Å². The molecule has 2 aliphatic heterocycles. The van der Waals surface area contributed by atoms with Crippen LogP contribution in [0.3, 0.4) is 0 Å². The minimum absolute atomic E-state index is 0.0558. The van der Waals surface area contributed by atoms with E-state index < -0.39 is 5.54 Å². The number of carbonyl (C=O) groups excluding carboxylic acids is 3. The lowest BCUT2D eigenvalue weighted by molar-refractivity contribution is -0.129. The van der Waals surface area contributed by atoms with Crippen LogP contribution in [-0.4, -0.2) is 67.2 Å². The van der Waals surface area contributed by atoms with Crippen LogP contribution in [0.15, 0.2) is 28.7 Å². The average Bonchev–Trinajstić information content (AvgIpc) is 3.17. The molecule has 0 spiro atoms. The zero-order valence-electron chi connectivity index (χ0n) is 19.2. The molecule has 33 heavy (non-hydrogen) atoms. The van der Waals surface area contributed by atoms with Crippen LogP contribution in [-0.2, 0) is 9.53 Å². The fourth-order valence-corrected chi connectivity index (χ4v) is 4.67. The number of nitrogens with zero attached hydrogens (tertiary/aromatic N) is 1. The van der Waals surface area contributed by atoms with Gasteiger partial charge < -0.3 is 30.0 Å². The molecule has 9 heteroatoms. The molecule has 4 rings (SSSR count). The number of rotatable bonds is 5. The Morgan fingerprint density at radius 3 is 2.55 bits per heavy atom. The fraction of sp³-hybridized carbons (Fsp3) is 0.542. The number of likely N-dealkylation sites (tertiary alicyclic amines) is 1. The molecule has 2 saturated heterocycles. The third-order valence-corrected chi connectivity index (χ3v) is 6.65. The summed E-state index contributed by atoms with van der Waals surface area (Å²) in [6.07, 6.45) is 1.97. The zero-order chi connectivity index (χ0) is 23.4. The van der Waals surface area contributed by atoms with E-state index in [4.69, 9.17) is 9.15 Å². The molecule has 9 nitrogen and oxygen atoms in total. The van der Waals surface area contributed by atoms with Crippen molar-refractivity contribution in [2.24, 2.45) is 0 Å². The molecule has 0 unspecified atom stereocenters. The highest BCUT2D eigenvalue weighted by atomic mass is 16.6. The summed E-state index contributed by atoms with van der Waals surface area (Å²) < 4.78 is 10.9. The molecule has 3 N–H and O–H groups in total. The van der Waals surface area contributed by atoms with Gasteiger partial charge in [-0.1, -0.05) is 18.2 Å². The SMILES string of the molecule is CCOC(=O)N1CCC(NC(=O)C2(NC(=O)c3oc4ccccc4c3C)CCNCC2)CC1. The molecule has 2 aromatic rings. The molecule has 0 bridgehead atoms. The van der Waals surface area contributed by atoms with Gasteiger partial charge in [0.15, 0.2) is 5.76 Å². The number of aryl methyl sites for hydroxylation is 1. The van der Waals surface area contributed by atoms with Crippen molar-refractivity contribution in [1.82, 2.24) is 20.9 Å². The van der Waals surface area contributed by atoms with Crippen molar-refractivity contribution in [3.05, 3.63) is 35.6 Å². The number of para-hydroxylation sites is 1. The minimum atomic E-state index is -1.01. The molecule has 1 aromatic heterocycles. The normalized spacial score (nSPS) is 18.7. The Hall–Kier alpha value is -3.07. The average molecular weight is 457 g/mol. The Morgan fingerprint density at radius 1 is 1.18 bits per heavy atom. The molecular weight excluding hydrogens is 424 g/mol. The minimum Gasteiger partial charge on any atom is -0.451 e. The van der Waals surface area contributed by atoms with Crippen LogP contribution in [0.4, 0.5) is 4.79 Å². The first-order valence-electron chi connectivity index (χ1n) is 11.7. The molecule has 2 fully saturated rings. The Labute approximate surface area is 193 Å². The first-order valence-corrected chi connectivity index (χ1v) is 11.7. The first-order chi connectivity index (χ1) is 15.9. The van der Waals surface area contributed by atoms with Crippen LogP contribution in [0, 0.1) is 6.92 Å².